The Morgan fingerprint density at radius 2 is 0.700 bits per heavy atom. The highest BCUT2D eigenvalue weighted by Gasteiger charge is 2.39. The molecule has 0 aromatic heterocycles. The number of hydrogen-bond donors (Lipinski definition) is 1. The number of aliphatic hydroxyl groups excluding tert-OH is 1. The second kappa shape index (κ2) is 23.7. The van der Waals surface area contributed by atoms with E-state index in [0.717, 1.165) is 18.9 Å². The monoisotopic (exact) mass is 446 g/mol. The van der Waals surface area contributed by atoms with E-state index in [0.29, 0.717) is 26.4 Å². The Hall–Kier alpha value is 0.0569. The Morgan fingerprint density at radius 3 is 0.967 bits per heavy atom. The molecule has 0 unspecified atom stereocenters. The Bertz CT molecular complexity index is 311. The maximum atomic E-state index is 8.76. The van der Waals surface area contributed by atoms with E-state index in [1.54, 1.807) is 0 Å². The highest BCUT2D eigenvalue weighted by Crippen LogP contribution is 2.21. The van der Waals surface area contributed by atoms with Crippen molar-refractivity contribution < 1.29 is 18.4 Å². The Balaban J connectivity index is 3.41. The molecule has 0 heterocycles. The molecule has 5 heteroatoms. The minimum atomic E-state index is -2.42. The van der Waals surface area contributed by atoms with Crippen molar-refractivity contribution in [3.05, 3.63) is 0 Å². The van der Waals surface area contributed by atoms with Crippen LogP contribution in [0.25, 0.3) is 0 Å². The summed E-state index contributed by atoms with van der Waals surface area (Å²) in [4.78, 5) is 0. The molecular weight excluding hydrogens is 392 g/mol. The van der Waals surface area contributed by atoms with Gasteiger partial charge in [-0.2, -0.15) is 0 Å². The van der Waals surface area contributed by atoms with E-state index in [4.69, 9.17) is 18.4 Å². The van der Waals surface area contributed by atoms with Crippen molar-refractivity contribution in [3.63, 3.8) is 0 Å². The van der Waals surface area contributed by atoms with E-state index in [2.05, 4.69) is 0 Å². The van der Waals surface area contributed by atoms with Crippen LogP contribution in [-0.4, -0.2) is 40.3 Å². The lowest BCUT2D eigenvalue weighted by molar-refractivity contribution is 0.0706. The third-order valence-corrected chi connectivity index (χ3v) is 8.89. The fraction of sp³-hybridized carbons (Fsp3) is 1.00. The molecule has 0 rings (SSSR count). The molecule has 30 heavy (non-hydrogen) atoms. The summed E-state index contributed by atoms with van der Waals surface area (Å²) < 4.78 is 17.8. The molecule has 0 fully saturated rings. The molecular formula is C25H54O4Si. The Kier molecular flexibility index (Phi) is 23.8. The van der Waals surface area contributed by atoms with Crippen LogP contribution in [0.5, 0.6) is 0 Å². The number of unbranched alkanes of at least 4 members (excludes halogenated alkanes) is 16. The fourth-order valence-electron chi connectivity index (χ4n) is 4.11. The van der Waals surface area contributed by atoms with E-state index in [9.17, 15) is 0 Å². The highest BCUT2D eigenvalue weighted by molar-refractivity contribution is 6.60. The average molecular weight is 447 g/mol. The zero-order valence-corrected chi connectivity index (χ0v) is 21.7. The summed E-state index contributed by atoms with van der Waals surface area (Å²) >= 11 is 0. The summed E-state index contributed by atoms with van der Waals surface area (Å²) in [5, 5.41) is 8.76. The maximum Gasteiger partial charge on any atom is 0.500 e. The van der Waals surface area contributed by atoms with Crippen molar-refractivity contribution in [2.75, 3.05) is 26.4 Å². The van der Waals surface area contributed by atoms with Crippen LogP contribution in [0, 0.1) is 0 Å². The molecule has 4 nitrogen and oxygen atoms in total. The summed E-state index contributed by atoms with van der Waals surface area (Å²) in [6, 6.07) is 0.963. The van der Waals surface area contributed by atoms with Gasteiger partial charge in [-0.25, -0.2) is 0 Å². The van der Waals surface area contributed by atoms with Crippen LogP contribution in [0.3, 0.4) is 0 Å². The molecule has 0 radical (unpaired) electrons. The minimum Gasteiger partial charge on any atom is -0.396 e. The molecule has 0 bridgehead atoms. The second-order valence-electron chi connectivity index (χ2n) is 8.47. The summed E-state index contributed by atoms with van der Waals surface area (Å²) in [5.74, 6) is 0. The molecule has 0 saturated carbocycles. The van der Waals surface area contributed by atoms with Gasteiger partial charge in [-0.15, -0.1) is 0 Å². The topological polar surface area (TPSA) is 47.9 Å². The molecule has 182 valence electrons. The van der Waals surface area contributed by atoms with Gasteiger partial charge < -0.3 is 18.4 Å². The van der Waals surface area contributed by atoms with Gasteiger partial charge in [-0.1, -0.05) is 96.3 Å². The van der Waals surface area contributed by atoms with E-state index in [-0.39, 0.29) is 0 Å². The predicted octanol–water partition coefficient (Wildman–Crippen LogP) is 7.66. The largest absolute Gasteiger partial charge is 0.500 e. The third-order valence-electron chi connectivity index (χ3n) is 5.73. The normalized spacial score (nSPS) is 12.0. The summed E-state index contributed by atoms with van der Waals surface area (Å²) in [6.07, 6.45) is 22.6. The van der Waals surface area contributed by atoms with Crippen LogP contribution in [0.1, 0.15) is 130 Å². The van der Waals surface area contributed by atoms with Gasteiger partial charge in [0, 0.05) is 32.5 Å². The molecule has 0 aliphatic carbocycles. The molecule has 0 aliphatic heterocycles. The first-order valence-electron chi connectivity index (χ1n) is 13.3. The lowest BCUT2D eigenvalue weighted by atomic mass is 10.0. The van der Waals surface area contributed by atoms with Crippen molar-refractivity contribution in [1.29, 1.82) is 0 Å². The second-order valence-corrected chi connectivity index (χ2v) is 11.2. The predicted molar refractivity (Wildman–Crippen MR) is 131 cm³/mol. The third kappa shape index (κ3) is 18.8. The lowest BCUT2D eigenvalue weighted by Crippen LogP contribution is -2.45. The van der Waals surface area contributed by atoms with Gasteiger partial charge in [0.2, 0.25) is 0 Å². The standard InChI is InChI=1S/C25H54O4Si/c1-4-27-30(28-5-2,29-6-3)25-23-21-19-17-15-13-11-9-7-8-10-12-14-16-18-20-22-24-26/h26H,4-25H2,1-3H3. The van der Waals surface area contributed by atoms with Crippen molar-refractivity contribution in [1.82, 2.24) is 0 Å². The smallest absolute Gasteiger partial charge is 0.396 e. The van der Waals surface area contributed by atoms with E-state index >= 15 is 0 Å². The summed E-state index contributed by atoms with van der Waals surface area (Å²) in [5.41, 5.74) is 0. The van der Waals surface area contributed by atoms with Crippen molar-refractivity contribution >= 4 is 8.80 Å². The molecule has 0 atom stereocenters. The quantitative estimate of drug-likeness (QED) is 0.115. The average Bonchev–Trinajstić information content (AvgIpc) is 2.73. The highest BCUT2D eigenvalue weighted by atomic mass is 28.4. The van der Waals surface area contributed by atoms with Gasteiger partial charge >= 0.3 is 8.80 Å². The molecule has 1 N–H and O–H groups in total. The first-order valence-corrected chi connectivity index (χ1v) is 15.2. The lowest BCUT2D eigenvalue weighted by Gasteiger charge is -2.28. The van der Waals surface area contributed by atoms with Gasteiger partial charge in [-0.05, 0) is 33.6 Å². The summed E-state index contributed by atoms with van der Waals surface area (Å²) in [6.45, 7) is 8.49. The van der Waals surface area contributed by atoms with Crippen molar-refractivity contribution in [2.24, 2.45) is 0 Å². The van der Waals surface area contributed by atoms with Gasteiger partial charge in [-0.3, -0.25) is 0 Å². The zero-order valence-electron chi connectivity index (χ0n) is 20.7. The minimum absolute atomic E-state index is 0.361. The van der Waals surface area contributed by atoms with Crippen molar-refractivity contribution in [2.45, 2.75) is 136 Å². The Morgan fingerprint density at radius 1 is 0.433 bits per heavy atom. The molecule has 0 aromatic rings. The van der Waals surface area contributed by atoms with Crippen LogP contribution in [0.2, 0.25) is 6.04 Å². The van der Waals surface area contributed by atoms with E-state index in [1.807, 2.05) is 20.8 Å². The van der Waals surface area contributed by atoms with Gasteiger partial charge in [0.25, 0.3) is 0 Å². The van der Waals surface area contributed by atoms with Gasteiger partial charge in [0.1, 0.15) is 0 Å². The number of rotatable bonds is 25. The Labute approximate surface area is 189 Å². The molecule has 0 aliphatic rings. The van der Waals surface area contributed by atoms with Gasteiger partial charge in [0.05, 0.1) is 0 Å². The molecule has 0 saturated heterocycles. The van der Waals surface area contributed by atoms with Gasteiger partial charge in [0.15, 0.2) is 0 Å². The van der Waals surface area contributed by atoms with Crippen molar-refractivity contribution in [3.8, 4) is 0 Å². The SMILES string of the molecule is CCO[Si](CCCCCCCCCCCCCCCCCCCO)(OCC)OCC. The number of aliphatic hydroxyl groups is 1. The number of hydrogen-bond acceptors (Lipinski definition) is 4. The maximum absolute atomic E-state index is 8.76. The van der Waals surface area contributed by atoms with Crippen LogP contribution in [0.15, 0.2) is 0 Å². The zero-order chi connectivity index (χ0) is 22.2. The molecule has 0 aromatic carbocycles. The van der Waals surface area contributed by atoms with Crippen LogP contribution in [0.4, 0.5) is 0 Å². The molecule has 0 spiro atoms. The van der Waals surface area contributed by atoms with Crippen LogP contribution in [-0.2, 0) is 13.3 Å². The van der Waals surface area contributed by atoms with E-state index < -0.39 is 8.80 Å². The van der Waals surface area contributed by atoms with Crippen LogP contribution >= 0.6 is 0 Å². The van der Waals surface area contributed by atoms with E-state index in [1.165, 1.54) is 96.3 Å². The molecule has 0 amide bonds. The first kappa shape index (κ1) is 30.1. The summed E-state index contributed by atoms with van der Waals surface area (Å²) in [7, 11) is -2.42. The first-order chi connectivity index (χ1) is 14.7. The van der Waals surface area contributed by atoms with Crippen LogP contribution < -0.4 is 0 Å². The fourth-order valence-corrected chi connectivity index (χ4v) is 6.79.